The Kier molecular flexibility index (Phi) is 8.31. The summed E-state index contributed by atoms with van der Waals surface area (Å²) in [6, 6.07) is 17.2. The molecule has 0 bridgehead atoms. The number of nitrogens with zero attached hydrogens (tertiary/aromatic N) is 1. The molecule has 2 rings (SSSR count). The van der Waals surface area contributed by atoms with Gasteiger partial charge in [-0.2, -0.15) is 0 Å². The first-order chi connectivity index (χ1) is 12.3. The fraction of sp³-hybridized carbons (Fsp3) is 0.316. The predicted molar refractivity (Wildman–Crippen MR) is 100 cm³/mol. The maximum Gasteiger partial charge on any atom is 0.193 e. The molecule has 0 unspecified atom stereocenters. The molecule has 0 saturated carbocycles. The summed E-state index contributed by atoms with van der Waals surface area (Å²) >= 11 is 0. The second-order valence-electron chi connectivity index (χ2n) is 5.29. The molecule has 134 valence electrons. The molecule has 2 aromatic rings. The Labute approximate surface area is 148 Å². The number of nitrogens with two attached hydrogens (primary N) is 1. The van der Waals surface area contributed by atoms with Crippen molar-refractivity contribution < 1.29 is 14.2 Å². The van der Waals surface area contributed by atoms with Gasteiger partial charge >= 0.3 is 0 Å². The summed E-state index contributed by atoms with van der Waals surface area (Å²) in [4.78, 5) is 4.28. The van der Waals surface area contributed by atoms with Gasteiger partial charge < -0.3 is 25.3 Å². The third-order valence-corrected chi connectivity index (χ3v) is 3.25. The molecule has 3 N–H and O–H groups in total. The highest BCUT2D eigenvalue weighted by molar-refractivity contribution is 5.92. The Balaban J connectivity index is 1.77. The molecule has 2 aromatic carbocycles. The summed E-state index contributed by atoms with van der Waals surface area (Å²) < 4.78 is 16.1. The number of para-hydroxylation sites is 1. The summed E-state index contributed by atoms with van der Waals surface area (Å²) in [7, 11) is 1.65. The largest absolute Gasteiger partial charge is 0.457 e. The fourth-order valence-electron chi connectivity index (χ4n) is 2.06. The van der Waals surface area contributed by atoms with E-state index >= 15 is 0 Å². The zero-order chi connectivity index (χ0) is 17.7. The first kappa shape index (κ1) is 18.8. The Bertz CT molecular complexity index is 647. The second kappa shape index (κ2) is 11.1. The molecule has 0 saturated heterocycles. The van der Waals surface area contributed by atoms with E-state index in [2.05, 4.69) is 10.3 Å². The predicted octanol–water partition coefficient (Wildman–Crippen LogP) is 3.26. The van der Waals surface area contributed by atoms with Gasteiger partial charge in [0.05, 0.1) is 13.2 Å². The normalized spacial score (nSPS) is 11.3. The van der Waals surface area contributed by atoms with Crippen molar-refractivity contribution in [2.24, 2.45) is 10.7 Å². The number of aliphatic imine (C=N–C) groups is 1. The van der Waals surface area contributed by atoms with E-state index in [1.807, 2.05) is 54.6 Å². The summed E-state index contributed by atoms with van der Waals surface area (Å²) in [5.74, 6) is 1.89. The Hall–Kier alpha value is -2.57. The maximum absolute atomic E-state index is 5.91. The molecule has 0 aromatic heterocycles. The smallest absolute Gasteiger partial charge is 0.193 e. The molecule has 6 nitrogen and oxygen atoms in total. The minimum atomic E-state index is 0.369. The summed E-state index contributed by atoms with van der Waals surface area (Å²) in [5, 5.41) is 3.07. The summed E-state index contributed by atoms with van der Waals surface area (Å²) in [5.41, 5.74) is 6.73. The van der Waals surface area contributed by atoms with Crippen LogP contribution in [0.2, 0.25) is 0 Å². The van der Waals surface area contributed by atoms with E-state index < -0.39 is 0 Å². The van der Waals surface area contributed by atoms with Crippen LogP contribution in [0.15, 0.2) is 59.6 Å². The minimum absolute atomic E-state index is 0.369. The Morgan fingerprint density at radius 3 is 2.60 bits per heavy atom. The molecule has 0 aliphatic carbocycles. The van der Waals surface area contributed by atoms with Crippen molar-refractivity contribution >= 4 is 11.6 Å². The van der Waals surface area contributed by atoms with Gasteiger partial charge in [-0.15, -0.1) is 0 Å². The lowest BCUT2D eigenvalue weighted by atomic mass is 10.3. The Morgan fingerprint density at radius 2 is 1.80 bits per heavy atom. The molecule has 0 aliphatic rings. The number of hydrogen-bond donors (Lipinski definition) is 2. The van der Waals surface area contributed by atoms with Crippen molar-refractivity contribution in [1.82, 2.24) is 0 Å². The Morgan fingerprint density at radius 1 is 1.00 bits per heavy atom. The van der Waals surface area contributed by atoms with E-state index in [4.69, 9.17) is 19.9 Å². The first-order valence-electron chi connectivity index (χ1n) is 8.24. The highest BCUT2D eigenvalue weighted by atomic mass is 16.5. The molecular weight excluding hydrogens is 318 g/mol. The third kappa shape index (κ3) is 7.69. The van der Waals surface area contributed by atoms with Crippen LogP contribution in [0.1, 0.15) is 6.42 Å². The molecule has 0 aliphatic heterocycles. The van der Waals surface area contributed by atoms with Crippen molar-refractivity contribution in [3.8, 4) is 11.5 Å². The number of guanidine groups is 1. The lowest BCUT2D eigenvalue weighted by Crippen LogP contribution is -2.23. The molecule has 0 radical (unpaired) electrons. The SMILES string of the molecule is COCCOCCCN=C(N)Nc1cccc(Oc2ccccc2)c1. The molecule has 0 amide bonds. The van der Waals surface area contributed by atoms with E-state index in [1.165, 1.54) is 0 Å². The number of nitrogens with one attached hydrogen (secondary N) is 1. The van der Waals surface area contributed by atoms with Crippen molar-refractivity contribution in [1.29, 1.82) is 0 Å². The topological polar surface area (TPSA) is 78.1 Å². The van der Waals surface area contributed by atoms with Gasteiger partial charge in [-0.3, -0.25) is 4.99 Å². The van der Waals surface area contributed by atoms with Crippen LogP contribution in [0.3, 0.4) is 0 Å². The van der Waals surface area contributed by atoms with Crippen LogP contribution in [0, 0.1) is 0 Å². The number of hydrogen-bond acceptors (Lipinski definition) is 4. The monoisotopic (exact) mass is 343 g/mol. The highest BCUT2D eigenvalue weighted by Crippen LogP contribution is 2.23. The van der Waals surface area contributed by atoms with E-state index in [0.717, 1.165) is 23.6 Å². The molecule has 0 heterocycles. The van der Waals surface area contributed by atoms with Crippen molar-refractivity contribution in [2.75, 3.05) is 38.8 Å². The number of anilines is 1. The maximum atomic E-state index is 5.91. The van der Waals surface area contributed by atoms with E-state index in [0.29, 0.717) is 32.3 Å². The van der Waals surface area contributed by atoms with Crippen LogP contribution in [0.25, 0.3) is 0 Å². The average molecular weight is 343 g/mol. The number of rotatable bonds is 10. The second-order valence-corrected chi connectivity index (χ2v) is 5.29. The van der Waals surface area contributed by atoms with Crippen molar-refractivity contribution in [2.45, 2.75) is 6.42 Å². The zero-order valence-electron chi connectivity index (χ0n) is 14.5. The number of benzene rings is 2. The lowest BCUT2D eigenvalue weighted by Gasteiger charge is -2.09. The quantitative estimate of drug-likeness (QED) is 0.393. The average Bonchev–Trinajstić information content (AvgIpc) is 2.62. The van der Waals surface area contributed by atoms with Gasteiger partial charge in [-0.05, 0) is 30.7 Å². The molecule has 25 heavy (non-hydrogen) atoms. The van der Waals surface area contributed by atoms with Gasteiger partial charge in [0, 0.05) is 32.0 Å². The summed E-state index contributed by atoms with van der Waals surface area (Å²) in [6.07, 6.45) is 0.809. The molecule has 0 fully saturated rings. The van der Waals surface area contributed by atoms with E-state index in [9.17, 15) is 0 Å². The van der Waals surface area contributed by atoms with Crippen LogP contribution >= 0.6 is 0 Å². The minimum Gasteiger partial charge on any atom is -0.457 e. The van der Waals surface area contributed by atoms with Crippen LogP contribution in [0.5, 0.6) is 11.5 Å². The fourth-order valence-corrected chi connectivity index (χ4v) is 2.06. The number of ether oxygens (including phenoxy) is 3. The van der Waals surface area contributed by atoms with Gasteiger partial charge in [0.2, 0.25) is 0 Å². The van der Waals surface area contributed by atoms with Gasteiger partial charge in [0.25, 0.3) is 0 Å². The van der Waals surface area contributed by atoms with Crippen LogP contribution in [-0.2, 0) is 9.47 Å². The van der Waals surface area contributed by atoms with Gasteiger partial charge in [-0.1, -0.05) is 24.3 Å². The lowest BCUT2D eigenvalue weighted by molar-refractivity contribution is 0.0702. The van der Waals surface area contributed by atoms with Crippen LogP contribution < -0.4 is 15.8 Å². The third-order valence-electron chi connectivity index (χ3n) is 3.25. The van der Waals surface area contributed by atoms with E-state index in [-0.39, 0.29) is 0 Å². The highest BCUT2D eigenvalue weighted by Gasteiger charge is 2.00. The standard InChI is InChI=1S/C19H25N3O3/c1-23-13-14-24-12-6-11-21-19(20)22-16-7-5-10-18(15-16)25-17-8-3-2-4-9-17/h2-5,7-10,15H,6,11-14H2,1H3,(H3,20,21,22). The van der Waals surface area contributed by atoms with Gasteiger partial charge in [-0.25, -0.2) is 0 Å². The van der Waals surface area contributed by atoms with E-state index in [1.54, 1.807) is 7.11 Å². The van der Waals surface area contributed by atoms with Gasteiger partial charge in [0.1, 0.15) is 11.5 Å². The van der Waals surface area contributed by atoms with Crippen molar-refractivity contribution in [3.63, 3.8) is 0 Å². The molecule has 0 atom stereocenters. The zero-order valence-corrected chi connectivity index (χ0v) is 14.5. The molecular formula is C19H25N3O3. The number of methoxy groups -OCH3 is 1. The van der Waals surface area contributed by atoms with Crippen LogP contribution in [0.4, 0.5) is 5.69 Å². The molecule has 0 spiro atoms. The van der Waals surface area contributed by atoms with Crippen molar-refractivity contribution in [3.05, 3.63) is 54.6 Å². The van der Waals surface area contributed by atoms with Crippen LogP contribution in [-0.4, -0.2) is 39.4 Å². The molecule has 6 heteroatoms. The van der Waals surface area contributed by atoms with Gasteiger partial charge in [0.15, 0.2) is 5.96 Å². The first-order valence-corrected chi connectivity index (χ1v) is 8.24. The summed E-state index contributed by atoms with van der Waals surface area (Å²) in [6.45, 7) is 2.45.